The molecule has 0 bridgehead atoms. The molecule has 2 fully saturated rings. The lowest BCUT2D eigenvalue weighted by molar-refractivity contribution is -0.133. The van der Waals surface area contributed by atoms with E-state index in [0.29, 0.717) is 38.3 Å². The molecule has 2 heterocycles. The second kappa shape index (κ2) is 9.40. The third-order valence-corrected chi connectivity index (χ3v) is 5.24. The molecule has 1 aromatic rings. The fraction of sp³-hybridized carbons (Fsp3) is 0.500. The van der Waals surface area contributed by atoms with Crippen LogP contribution in [0, 0.1) is 0 Å². The molecule has 29 heavy (non-hydrogen) atoms. The number of nitrogens with zero attached hydrogens (tertiary/aromatic N) is 2. The molecule has 0 radical (unpaired) electrons. The molecular formula is C20H26N4O5. The first kappa shape index (κ1) is 20.6. The van der Waals surface area contributed by atoms with Gasteiger partial charge in [-0.2, -0.15) is 0 Å². The molecule has 1 aromatic carbocycles. The molecule has 0 unspecified atom stereocenters. The Morgan fingerprint density at radius 3 is 2.41 bits per heavy atom. The lowest BCUT2D eigenvalue weighted by Crippen LogP contribution is -2.38. The van der Waals surface area contributed by atoms with Crippen LogP contribution in [0.4, 0.5) is 4.79 Å². The molecule has 0 saturated carbocycles. The molecule has 0 aliphatic carbocycles. The minimum Gasteiger partial charge on any atom is -0.496 e. The Kier molecular flexibility index (Phi) is 6.69. The van der Waals surface area contributed by atoms with Crippen molar-refractivity contribution in [2.45, 2.75) is 31.7 Å². The van der Waals surface area contributed by atoms with E-state index in [1.807, 2.05) is 24.3 Å². The molecule has 5 amide bonds. The molecular weight excluding hydrogens is 376 g/mol. The second-order valence-electron chi connectivity index (χ2n) is 7.16. The number of carbonyl (C=O) groups excluding carboxylic acids is 4. The summed E-state index contributed by atoms with van der Waals surface area (Å²) < 4.78 is 5.31. The lowest BCUT2D eigenvalue weighted by Gasteiger charge is -2.23. The normalized spacial score (nSPS) is 19.4. The minimum absolute atomic E-state index is 0.00846. The van der Waals surface area contributed by atoms with Crippen molar-refractivity contribution >= 4 is 23.8 Å². The van der Waals surface area contributed by atoms with Gasteiger partial charge in [0, 0.05) is 38.2 Å². The van der Waals surface area contributed by atoms with Crippen LogP contribution in [0.1, 0.15) is 24.8 Å². The predicted molar refractivity (Wildman–Crippen MR) is 104 cm³/mol. The van der Waals surface area contributed by atoms with Gasteiger partial charge in [-0.25, -0.2) is 4.79 Å². The summed E-state index contributed by atoms with van der Waals surface area (Å²) in [7, 11) is 1.58. The van der Waals surface area contributed by atoms with Crippen molar-refractivity contribution in [3.63, 3.8) is 0 Å². The van der Waals surface area contributed by atoms with E-state index in [-0.39, 0.29) is 31.1 Å². The molecule has 1 atom stereocenters. The Labute approximate surface area is 169 Å². The van der Waals surface area contributed by atoms with Crippen LogP contribution in [-0.2, 0) is 20.8 Å². The zero-order chi connectivity index (χ0) is 20.8. The Hall–Kier alpha value is -3.10. The highest BCUT2D eigenvalue weighted by Gasteiger charge is 2.30. The summed E-state index contributed by atoms with van der Waals surface area (Å²) in [4.78, 5) is 51.4. The van der Waals surface area contributed by atoms with E-state index in [1.165, 1.54) is 0 Å². The number of methoxy groups -OCH3 is 1. The largest absolute Gasteiger partial charge is 0.496 e. The number of rotatable bonds is 6. The highest BCUT2D eigenvalue weighted by molar-refractivity contribution is 6.04. The van der Waals surface area contributed by atoms with Crippen molar-refractivity contribution in [1.29, 1.82) is 0 Å². The number of carbonyl (C=O) groups is 4. The maximum atomic E-state index is 12.7. The van der Waals surface area contributed by atoms with E-state index < -0.39 is 18.0 Å². The van der Waals surface area contributed by atoms with Crippen LogP contribution in [0.2, 0.25) is 0 Å². The Morgan fingerprint density at radius 1 is 1.07 bits per heavy atom. The van der Waals surface area contributed by atoms with Crippen LogP contribution in [0.25, 0.3) is 0 Å². The molecule has 9 heteroatoms. The summed E-state index contributed by atoms with van der Waals surface area (Å²) in [5.41, 5.74) is 0.842. The van der Waals surface area contributed by atoms with Crippen molar-refractivity contribution in [2.24, 2.45) is 0 Å². The molecule has 0 spiro atoms. The summed E-state index contributed by atoms with van der Waals surface area (Å²) in [6.45, 7) is 2.10. The Balaban J connectivity index is 1.49. The zero-order valence-corrected chi connectivity index (χ0v) is 16.5. The topological polar surface area (TPSA) is 108 Å². The van der Waals surface area contributed by atoms with E-state index >= 15 is 0 Å². The van der Waals surface area contributed by atoms with Gasteiger partial charge >= 0.3 is 6.03 Å². The molecule has 3 rings (SSSR count). The molecule has 2 N–H and O–H groups in total. The molecule has 0 aromatic heterocycles. The Bertz CT molecular complexity index is 797. The quantitative estimate of drug-likeness (QED) is 0.665. The standard InChI is InChI=1S/C20H26N4O5/c1-29-16-6-3-2-5-14(16)13-18(26)24-10-4-9-23(11-12-24)17(25)8-7-15-19(27)22-20(28)21-15/h2-3,5-6,15H,4,7-13H2,1H3,(H2,21,22,27,28)/t15-/m0/s1. The van der Waals surface area contributed by atoms with Gasteiger partial charge < -0.3 is 19.9 Å². The SMILES string of the molecule is COc1ccccc1CC(=O)N1CCCN(C(=O)CC[C@@H]2NC(=O)NC2=O)CC1. The van der Waals surface area contributed by atoms with Gasteiger partial charge in [0.2, 0.25) is 11.8 Å². The van der Waals surface area contributed by atoms with Gasteiger partial charge in [0.25, 0.3) is 5.91 Å². The van der Waals surface area contributed by atoms with Crippen molar-refractivity contribution in [3.05, 3.63) is 29.8 Å². The molecule has 2 aliphatic heterocycles. The van der Waals surface area contributed by atoms with Crippen LogP contribution in [0.3, 0.4) is 0 Å². The van der Waals surface area contributed by atoms with Crippen LogP contribution >= 0.6 is 0 Å². The van der Waals surface area contributed by atoms with E-state index in [0.717, 1.165) is 5.56 Å². The number of para-hydroxylation sites is 1. The van der Waals surface area contributed by atoms with Gasteiger partial charge in [-0.05, 0) is 18.9 Å². The molecule has 9 nitrogen and oxygen atoms in total. The summed E-state index contributed by atoms with van der Waals surface area (Å²) in [6.07, 6.45) is 1.40. The van der Waals surface area contributed by atoms with Crippen molar-refractivity contribution in [1.82, 2.24) is 20.4 Å². The predicted octanol–water partition coefficient (Wildman–Crippen LogP) is 0.287. The van der Waals surface area contributed by atoms with Crippen LogP contribution in [0.5, 0.6) is 5.75 Å². The minimum atomic E-state index is -0.655. The second-order valence-corrected chi connectivity index (χ2v) is 7.16. The third kappa shape index (κ3) is 5.24. The molecule has 2 aliphatic rings. The highest BCUT2D eigenvalue weighted by Crippen LogP contribution is 2.19. The number of imide groups is 1. The lowest BCUT2D eigenvalue weighted by atomic mass is 10.1. The number of urea groups is 1. The van der Waals surface area contributed by atoms with Gasteiger partial charge in [0.1, 0.15) is 11.8 Å². The van der Waals surface area contributed by atoms with Gasteiger partial charge in [-0.1, -0.05) is 18.2 Å². The van der Waals surface area contributed by atoms with Gasteiger partial charge in [0.05, 0.1) is 13.5 Å². The van der Waals surface area contributed by atoms with Crippen LogP contribution < -0.4 is 15.4 Å². The maximum absolute atomic E-state index is 12.7. The average Bonchev–Trinajstić information content (AvgIpc) is 2.90. The van der Waals surface area contributed by atoms with E-state index in [2.05, 4.69) is 10.6 Å². The van der Waals surface area contributed by atoms with Gasteiger partial charge in [-0.3, -0.25) is 19.7 Å². The summed E-state index contributed by atoms with van der Waals surface area (Å²) in [6, 6.07) is 6.27. The first-order chi connectivity index (χ1) is 14.0. The number of benzene rings is 1. The smallest absolute Gasteiger partial charge is 0.322 e. The summed E-state index contributed by atoms with van der Waals surface area (Å²) in [5, 5.41) is 4.65. The number of ether oxygens (including phenoxy) is 1. The zero-order valence-electron chi connectivity index (χ0n) is 16.5. The number of hydrogen-bond acceptors (Lipinski definition) is 5. The van der Waals surface area contributed by atoms with E-state index in [1.54, 1.807) is 16.9 Å². The summed E-state index contributed by atoms with van der Waals surface area (Å²) >= 11 is 0. The van der Waals surface area contributed by atoms with Gasteiger partial charge in [-0.15, -0.1) is 0 Å². The van der Waals surface area contributed by atoms with Crippen molar-refractivity contribution in [3.8, 4) is 5.75 Å². The number of hydrogen-bond donors (Lipinski definition) is 2. The van der Waals surface area contributed by atoms with Crippen molar-refractivity contribution in [2.75, 3.05) is 33.3 Å². The van der Waals surface area contributed by atoms with Crippen LogP contribution in [-0.4, -0.2) is 72.9 Å². The average molecular weight is 402 g/mol. The van der Waals surface area contributed by atoms with E-state index in [9.17, 15) is 19.2 Å². The molecule has 2 saturated heterocycles. The Morgan fingerprint density at radius 2 is 1.76 bits per heavy atom. The molecule has 156 valence electrons. The fourth-order valence-corrected chi connectivity index (χ4v) is 3.63. The van der Waals surface area contributed by atoms with Crippen LogP contribution in [0.15, 0.2) is 24.3 Å². The summed E-state index contributed by atoms with van der Waals surface area (Å²) in [5.74, 6) is 0.231. The van der Waals surface area contributed by atoms with Gasteiger partial charge in [0.15, 0.2) is 0 Å². The first-order valence-corrected chi connectivity index (χ1v) is 9.76. The fourth-order valence-electron chi connectivity index (χ4n) is 3.63. The number of amides is 5. The maximum Gasteiger partial charge on any atom is 0.322 e. The van der Waals surface area contributed by atoms with Crippen molar-refractivity contribution < 1.29 is 23.9 Å². The monoisotopic (exact) mass is 402 g/mol. The highest BCUT2D eigenvalue weighted by atomic mass is 16.5. The first-order valence-electron chi connectivity index (χ1n) is 9.76. The van der Waals surface area contributed by atoms with E-state index in [4.69, 9.17) is 4.74 Å². The third-order valence-electron chi connectivity index (χ3n) is 5.24. The number of nitrogens with one attached hydrogen (secondary N) is 2.